The van der Waals surface area contributed by atoms with Crippen LogP contribution < -0.4 is 5.32 Å². The van der Waals surface area contributed by atoms with E-state index in [1.54, 1.807) is 0 Å². The van der Waals surface area contributed by atoms with Gasteiger partial charge in [0.1, 0.15) is 0 Å². The van der Waals surface area contributed by atoms with Crippen LogP contribution in [0.4, 0.5) is 0 Å². The van der Waals surface area contributed by atoms with Gasteiger partial charge in [0, 0.05) is 12.6 Å². The van der Waals surface area contributed by atoms with Crippen LogP contribution in [0.2, 0.25) is 0 Å². The Labute approximate surface area is 98.1 Å². The Morgan fingerprint density at radius 1 is 1.25 bits per heavy atom. The fraction of sp³-hybridized carbons (Fsp3) is 0.857. The second kappa shape index (κ2) is 4.50. The Morgan fingerprint density at radius 2 is 2.12 bits per heavy atom. The van der Waals surface area contributed by atoms with E-state index in [0.29, 0.717) is 12.6 Å². The molecule has 2 bridgehead atoms. The Balaban J connectivity index is 1.46. The molecule has 90 valence electrons. The number of hydrogen-bond donors (Lipinski definition) is 2. The van der Waals surface area contributed by atoms with Crippen molar-refractivity contribution in [1.82, 2.24) is 5.32 Å². The van der Waals surface area contributed by atoms with Gasteiger partial charge in [-0.25, -0.2) is 0 Å². The third-order valence-corrected chi connectivity index (χ3v) is 4.69. The van der Waals surface area contributed by atoms with Crippen LogP contribution >= 0.6 is 0 Å². The average molecular weight is 221 g/mol. The first kappa shape index (κ1) is 10.8. The van der Waals surface area contributed by atoms with Crippen LogP contribution in [0, 0.1) is 23.7 Å². The quantitative estimate of drug-likeness (QED) is 0.672. The summed E-state index contributed by atoms with van der Waals surface area (Å²) in [5, 5.41) is 12.8. The highest BCUT2D eigenvalue weighted by Gasteiger charge is 2.37. The molecule has 0 aliphatic heterocycles. The van der Waals surface area contributed by atoms with Gasteiger partial charge in [0.25, 0.3) is 0 Å². The zero-order valence-electron chi connectivity index (χ0n) is 9.94. The molecule has 0 radical (unpaired) electrons. The lowest BCUT2D eigenvalue weighted by Gasteiger charge is -2.23. The van der Waals surface area contributed by atoms with Gasteiger partial charge < -0.3 is 10.4 Å². The van der Waals surface area contributed by atoms with Crippen molar-refractivity contribution in [3.8, 4) is 0 Å². The van der Waals surface area contributed by atoms with Crippen LogP contribution in [0.3, 0.4) is 0 Å². The van der Waals surface area contributed by atoms with Crippen molar-refractivity contribution in [3.63, 3.8) is 0 Å². The van der Waals surface area contributed by atoms with Gasteiger partial charge in [0.2, 0.25) is 0 Å². The van der Waals surface area contributed by atoms with E-state index in [1.807, 2.05) is 0 Å². The minimum atomic E-state index is 0.338. The fourth-order valence-corrected chi connectivity index (χ4v) is 3.57. The van der Waals surface area contributed by atoms with Crippen LogP contribution in [0.15, 0.2) is 12.2 Å². The summed E-state index contributed by atoms with van der Waals surface area (Å²) < 4.78 is 0. The van der Waals surface area contributed by atoms with Gasteiger partial charge in [0.15, 0.2) is 0 Å². The maximum absolute atomic E-state index is 9.06. The third kappa shape index (κ3) is 2.18. The molecule has 0 aromatic rings. The lowest BCUT2D eigenvalue weighted by atomic mass is 9.93. The van der Waals surface area contributed by atoms with Gasteiger partial charge in [-0.3, -0.25) is 0 Å². The first-order valence-corrected chi connectivity index (χ1v) is 6.89. The summed E-state index contributed by atoms with van der Waals surface area (Å²) in [7, 11) is 0. The molecule has 0 unspecified atom stereocenters. The van der Waals surface area contributed by atoms with Crippen molar-refractivity contribution in [2.24, 2.45) is 23.7 Å². The summed E-state index contributed by atoms with van der Waals surface area (Å²) in [6.45, 7) is 1.51. The smallest absolute Gasteiger partial charge is 0.0445 e. The standard InChI is InChI=1S/C14H23NO/c16-6-5-14(11-3-4-11)15-9-13-8-10-1-2-12(13)7-10/h1-2,10-16H,3-9H2/t10-,12-,13+,14-/m0/s1. The summed E-state index contributed by atoms with van der Waals surface area (Å²) in [5.41, 5.74) is 0. The number of hydrogen-bond acceptors (Lipinski definition) is 2. The fourth-order valence-electron chi connectivity index (χ4n) is 3.57. The Morgan fingerprint density at radius 3 is 2.69 bits per heavy atom. The molecule has 0 heterocycles. The van der Waals surface area contributed by atoms with Crippen molar-refractivity contribution in [2.75, 3.05) is 13.2 Å². The van der Waals surface area contributed by atoms with Gasteiger partial charge in [-0.05, 0) is 62.3 Å². The van der Waals surface area contributed by atoms with Crippen molar-refractivity contribution in [3.05, 3.63) is 12.2 Å². The topological polar surface area (TPSA) is 32.3 Å². The average Bonchev–Trinajstić information content (AvgIpc) is 2.93. The van der Waals surface area contributed by atoms with E-state index in [0.717, 1.165) is 30.1 Å². The molecule has 0 spiro atoms. The summed E-state index contributed by atoms with van der Waals surface area (Å²) in [6.07, 6.45) is 11.3. The largest absolute Gasteiger partial charge is 0.396 e. The molecule has 3 aliphatic rings. The summed E-state index contributed by atoms with van der Waals surface area (Å²) in [4.78, 5) is 0. The molecule has 0 amide bonds. The van der Waals surface area contributed by atoms with Crippen molar-refractivity contribution >= 4 is 0 Å². The molecule has 3 rings (SSSR count). The Hall–Kier alpha value is -0.340. The molecule has 2 saturated carbocycles. The number of allylic oxidation sites excluding steroid dienone is 2. The van der Waals surface area contributed by atoms with Crippen LogP contribution in [0.25, 0.3) is 0 Å². The number of rotatable bonds is 6. The number of aliphatic hydroxyl groups excluding tert-OH is 1. The zero-order chi connectivity index (χ0) is 11.0. The van der Waals surface area contributed by atoms with E-state index in [9.17, 15) is 0 Å². The second-order valence-corrected chi connectivity index (χ2v) is 5.90. The second-order valence-electron chi connectivity index (χ2n) is 5.90. The minimum Gasteiger partial charge on any atom is -0.396 e. The molecule has 3 aliphatic carbocycles. The molecule has 0 aromatic heterocycles. The van der Waals surface area contributed by atoms with Gasteiger partial charge in [-0.2, -0.15) is 0 Å². The lowest BCUT2D eigenvalue weighted by molar-refractivity contribution is 0.249. The Kier molecular flexibility index (Phi) is 3.03. The third-order valence-electron chi connectivity index (χ3n) is 4.69. The van der Waals surface area contributed by atoms with Gasteiger partial charge >= 0.3 is 0 Å². The van der Waals surface area contributed by atoms with E-state index in [2.05, 4.69) is 17.5 Å². The molecule has 2 fully saturated rings. The number of nitrogens with one attached hydrogen (secondary N) is 1. The van der Waals surface area contributed by atoms with Crippen molar-refractivity contribution < 1.29 is 5.11 Å². The highest BCUT2D eigenvalue weighted by atomic mass is 16.3. The monoisotopic (exact) mass is 221 g/mol. The molecular weight excluding hydrogens is 198 g/mol. The van der Waals surface area contributed by atoms with E-state index in [-0.39, 0.29) is 0 Å². The molecule has 0 aromatic carbocycles. The SMILES string of the molecule is OCC[C@H](NC[C@H]1C[C@H]2C=C[C@H]1C2)C1CC1. The van der Waals surface area contributed by atoms with Crippen LogP contribution in [0.5, 0.6) is 0 Å². The van der Waals surface area contributed by atoms with Gasteiger partial charge in [-0.1, -0.05) is 12.2 Å². The first-order valence-electron chi connectivity index (χ1n) is 6.89. The predicted octanol–water partition coefficient (Wildman–Crippen LogP) is 1.95. The molecule has 0 saturated heterocycles. The van der Waals surface area contributed by atoms with Crippen LogP contribution in [-0.2, 0) is 0 Å². The summed E-state index contributed by atoms with van der Waals surface area (Å²) >= 11 is 0. The van der Waals surface area contributed by atoms with Gasteiger partial charge in [-0.15, -0.1) is 0 Å². The number of aliphatic hydroxyl groups is 1. The van der Waals surface area contributed by atoms with Crippen molar-refractivity contribution in [2.45, 2.75) is 38.1 Å². The Bertz CT molecular complexity index is 272. The van der Waals surface area contributed by atoms with Gasteiger partial charge in [0.05, 0.1) is 0 Å². The molecule has 2 heteroatoms. The maximum Gasteiger partial charge on any atom is 0.0445 e. The zero-order valence-corrected chi connectivity index (χ0v) is 9.94. The maximum atomic E-state index is 9.06. The first-order chi connectivity index (χ1) is 7.86. The summed E-state index contributed by atoms with van der Waals surface area (Å²) in [5.74, 6) is 3.47. The predicted molar refractivity (Wildman–Crippen MR) is 65.1 cm³/mol. The normalized spacial score (nSPS) is 38.2. The lowest BCUT2D eigenvalue weighted by Crippen LogP contribution is -2.36. The summed E-state index contributed by atoms with van der Waals surface area (Å²) in [6, 6.07) is 0.591. The molecular formula is C14H23NO. The van der Waals surface area contributed by atoms with Crippen molar-refractivity contribution in [1.29, 1.82) is 0 Å². The van der Waals surface area contributed by atoms with Crippen LogP contribution in [-0.4, -0.2) is 24.3 Å². The van der Waals surface area contributed by atoms with E-state index >= 15 is 0 Å². The molecule has 16 heavy (non-hydrogen) atoms. The molecule has 2 nitrogen and oxygen atoms in total. The molecule has 2 N–H and O–H groups in total. The number of fused-ring (bicyclic) bond motifs is 2. The van der Waals surface area contributed by atoms with E-state index in [4.69, 9.17) is 5.11 Å². The highest BCUT2D eigenvalue weighted by Crippen LogP contribution is 2.43. The minimum absolute atomic E-state index is 0.338. The molecule has 4 atom stereocenters. The highest BCUT2D eigenvalue weighted by molar-refractivity contribution is 5.10. The van der Waals surface area contributed by atoms with Crippen LogP contribution in [0.1, 0.15) is 32.1 Å². The van der Waals surface area contributed by atoms with E-state index < -0.39 is 0 Å². The van der Waals surface area contributed by atoms with E-state index in [1.165, 1.54) is 32.2 Å².